The predicted molar refractivity (Wildman–Crippen MR) is 107 cm³/mol. The molecule has 136 valence electrons. The summed E-state index contributed by atoms with van der Waals surface area (Å²) in [5.74, 6) is 0.144. The highest BCUT2D eigenvalue weighted by Gasteiger charge is 2.22. The third-order valence-corrected chi connectivity index (χ3v) is 5.52. The minimum absolute atomic E-state index is 0.144. The standard InChI is InChI=1S/C22H27N3O/c26-22(19-7-3-1-4-8-19)25-17-15-24(16-18-25)21-11-9-20(10-12-21)23-13-5-2-6-14-23/h1,3-4,7-12H,2,5-6,13-18H2. The molecule has 0 atom stereocenters. The van der Waals surface area contributed by atoms with E-state index in [1.54, 1.807) is 0 Å². The molecule has 0 saturated carbocycles. The molecular formula is C22H27N3O. The molecule has 0 bridgehead atoms. The van der Waals surface area contributed by atoms with E-state index < -0.39 is 0 Å². The molecule has 0 radical (unpaired) electrons. The van der Waals surface area contributed by atoms with Crippen LogP contribution in [0.3, 0.4) is 0 Å². The SMILES string of the molecule is O=C(c1ccccc1)N1CCN(c2ccc(N3CCCCC3)cc2)CC1. The van der Waals surface area contributed by atoms with Crippen LogP contribution in [-0.2, 0) is 0 Å². The molecule has 26 heavy (non-hydrogen) atoms. The van der Waals surface area contributed by atoms with Gasteiger partial charge in [-0.2, -0.15) is 0 Å². The van der Waals surface area contributed by atoms with Gasteiger partial charge in [-0.25, -0.2) is 0 Å². The summed E-state index contributed by atoms with van der Waals surface area (Å²) in [6, 6.07) is 18.6. The van der Waals surface area contributed by atoms with Crippen molar-refractivity contribution in [2.24, 2.45) is 0 Å². The van der Waals surface area contributed by atoms with Crippen LogP contribution in [0.25, 0.3) is 0 Å². The fourth-order valence-electron chi connectivity index (χ4n) is 3.96. The summed E-state index contributed by atoms with van der Waals surface area (Å²) in [7, 11) is 0. The van der Waals surface area contributed by atoms with Crippen molar-refractivity contribution in [1.29, 1.82) is 0 Å². The molecule has 2 aromatic carbocycles. The summed E-state index contributed by atoms with van der Waals surface area (Å²) < 4.78 is 0. The number of nitrogens with zero attached hydrogens (tertiary/aromatic N) is 3. The lowest BCUT2D eigenvalue weighted by molar-refractivity contribution is 0.0747. The topological polar surface area (TPSA) is 26.8 Å². The van der Waals surface area contributed by atoms with Crippen LogP contribution in [0.2, 0.25) is 0 Å². The molecule has 4 rings (SSSR count). The zero-order valence-corrected chi connectivity index (χ0v) is 15.3. The van der Waals surface area contributed by atoms with Crippen LogP contribution in [0.4, 0.5) is 11.4 Å². The number of benzene rings is 2. The van der Waals surface area contributed by atoms with E-state index in [1.165, 1.54) is 43.7 Å². The summed E-state index contributed by atoms with van der Waals surface area (Å²) in [5.41, 5.74) is 3.38. The fourth-order valence-corrected chi connectivity index (χ4v) is 3.96. The Hall–Kier alpha value is -2.49. The number of amides is 1. The van der Waals surface area contributed by atoms with Crippen molar-refractivity contribution in [2.75, 3.05) is 49.1 Å². The summed E-state index contributed by atoms with van der Waals surface area (Å²) in [4.78, 5) is 19.4. The second-order valence-electron chi connectivity index (χ2n) is 7.21. The Bertz CT molecular complexity index is 715. The quantitative estimate of drug-likeness (QED) is 0.846. The Labute approximate surface area is 156 Å². The third-order valence-electron chi connectivity index (χ3n) is 5.52. The van der Waals surface area contributed by atoms with Crippen molar-refractivity contribution in [3.63, 3.8) is 0 Å². The molecule has 0 unspecified atom stereocenters. The molecule has 0 spiro atoms. The third kappa shape index (κ3) is 3.69. The Morgan fingerprint density at radius 1 is 0.615 bits per heavy atom. The number of piperazine rings is 1. The van der Waals surface area contributed by atoms with Crippen LogP contribution in [0.15, 0.2) is 54.6 Å². The first-order chi connectivity index (χ1) is 12.8. The number of hydrogen-bond acceptors (Lipinski definition) is 3. The molecule has 1 amide bonds. The maximum atomic E-state index is 12.6. The van der Waals surface area contributed by atoms with E-state index >= 15 is 0 Å². The van der Waals surface area contributed by atoms with Crippen molar-refractivity contribution in [1.82, 2.24) is 4.90 Å². The molecule has 0 aliphatic carbocycles. The van der Waals surface area contributed by atoms with E-state index in [0.29, 0.717) is 0 Å². The summed E-state index contributed by atoms with van der Waals surface area (Å²) in [5, 5.41) is 0. The zero-order valence-electron chi connectivity index (χ0n) is 15.3. The maximum Gasteiger partial charge on any atom is 0.253 e. The van der Waals surface area contributed by atoms with E-state index in [4.69, 9.17) is 0 Å². The number of anilines is 2. The van der Waals surface area contributed by atoms with Crippen LogP contribution in [0.5, 0.6) is 0 Å². The largest absolute Gasteiger partial charge is 0.372 e. The van der Waals surface area contributed by atoms with Gasteiger partial charge in [0.15, 0.2) is 0 Å². The Balaban J connectivity index is 1.35. The van der Waals surface area contributed by atoms with E-state index in [0.717, 1.165) is 31.7 Å². The van der Waals surface area contributed by atoms with Gasteiger partial charge in [-0.1, -0.05) is 18.2 Å². The summed E-state index contributed by atoms with van der Waals surface area (Å²) in [6.45, 7) is 5.70. The molecule has 2 aliphatic rings. The average Bonchev–Trinajstić information content (AvgIpc) is 2.75. The normalized spacial score (nSPS) is 18.1. The molecule has 0 aromatic heterocycles. The molecule has 2 heterocycles. The molecule has 2 fully saturated rings. The average molecular weight is 349 g/mol. The minimum atomic E-state index is 0.144. The zero-order chi connectivity index (χ0) is 17.8. The van der Waals surface area contributed by atoms with Crippen LogP contribution in [-0.4, -0.2) is 50.1 Å². The van der Waals surface area contributed by atoms with Gasteiger partial charge >= 0.3 is 0 Å². The van der Waals surface area contributed by atoms with Gasteiger partial charge in [0.05, 0.1) is 0 Å². The second kappa shape index (κ2) is 7.81. The number of piperidine rings is 1. The van der Waals surface area contributed by atoms with Crippen molar-refractivity contribution >= 4 is 17.3 Å². The Kier molecular flexibility index (Phi) is 5.09. The number of carbonyl (C=O) groups excluding carboxylic acids is 1. The molecular weight excluding hydrogens is 322 g/mol. The summed E-state index contributed by atoms with van der Waals surface area (Å²) >= 11 is 0. The number of hydrogen-bond donors (Lipinski definition) is 0. The molecule has 0 N–H and O–H groups in total. The molecule has 4 heteroatoms. The molecule has 4 nitrogen and oxygen atoms in total. The smallest absolute Gasteiger partial charge is 0.253 e. The highest BCUT2D eigenvalue weighted by molar-refractivity contribution is 5.94. The Morgan fingerprint density at radius 3 is 1.73 bits per heavy atom. The highest BCUT2D eigenvalue weighted by Crippen LogP contribution is 2.24. The van der Waals surface area contributed by atoms with Gasteiger partial charge in [0.2, 0.25) is 0 Å². The second-order valence-corrected chi connectivity index (χ2v) is 7.21. The lowest BCUT2D eigenvalue weighted by Crippen LogP contribution is -2.48. The molecule has 2 aromatic rings. The number of rotatable bonds is 3. The molecule has 2 aliphatic heterocycles. The van der Waals surface area contributed by atoms with E-state index in [9.17, 15) is 4.79 Å². The molecule has 2 saturated heterocycles. The van der Waals surface area contributed by atoms with Crippen LogP contribution in [0, 0.1) is 0 Å². The van der Waals surface area contributed by atoms with Gasteiger partial charge in [0.25, 0.3) is 5.91 Å². The number of carbonyl (C=O) groups is 1. The van der Waals surface area contributed by atoms with Crippen LogP contribution < -0.4 is 9.80 Å². The van der Waals surface area contributed by atoms with Gasteiger partial charge in [-0.05, 0) is 55.7 Å². The van der Waals surface area contributed by atoms with Gasteiger partial charge in [0.1, 0.15) is 0 Å². The first kappa shape index (κ1) is 17.0. The van der Waals surface area contributed by atoms with E-state index in [-0.39, 0.29) is 5.91 Å². The minimum Gasteiger partial charge on any atom is -0.372 e. The predicted octanol–water partition coefficient (Wildman–Crippen LogP) is 3.64. The van der Waals surface area contributed by atoms with Gasteiger partial charge < -0.3 is 14.7 Å². The lowest BCUT2D eigenvalue weighted by Gasteiger charge is -2.36. The van der Waals surface area contributed by atoms with Crippen LogP contribution >= 0.6 is 0 Å². The lowest BCUT2D eigenvalue weighted by atomic mass is 10.1. The maximum absolute atomic E-state index is 12.6. The van der Waals surface area contributed by atoms with Crippen molar-refractivity contribution in [2.45, 2.75) is 19.3 Å². The van der Waals surface area contributed by atoms with Gasteiger partial charge in [0, 0.05) is 56.2 Å². The first-order valence-corrected chi connectivity index (χ1v) is 9.75. The van der Waals surface area contributed by atoms with Crippen molar-refractivity contribution in [3.05, 3.63) is 60.2 Å². The summed E-state index contributed by atoms with van der Waals surface area (Å²) in [6.07, 6.45) is 3.97. The van der Waals surface area contributed by atoms with Crippen LogP contribution in [0.1, 0.15) is 29.6 Å². The van der Waals surface area contributed by atoms with Gasteiger partial charge in [-0.15, -0.1) is 0 Å². The fraction of sp³-hybridized carbons (Fsp3) is 0.409. The van der Waals surface area contributed by atoms with Crippen molar-refractivity contribution < 1.29 is 4.79 Å². The van der Waals surface area contributed by atoms with Crippen molar-refractivity contribution in [3.8, 4) is 0 Å². The van der Waals surface area contributed by atoms with Gasteiger partial charge in [-0.3, -0.25) is 4.79 Å². The Morgan fingerprint density at radius 2 is 1.15 bits per heavy atom. The van der Waals surface area contributed by atoms with E-state index in [1.807, 2.05) is 35.2 Å². The van der Waals surface area contributed by atoms with E-state index in [2.05, 4.69) is 34.1 Å². The first-order valence-electron chi connectivity index (χ1n) is 9.75. The monoisotopic (exact) mass is 349 g/mol. The highest BCUT2D eigenvalue weighted by atomic mass is 16.2.